The SMILES string of the molecule is CC.CC.COC(C)=O.Nc1ncc(-c2ccccc2)s1. The molecule has 4 nitrogen and oxygen atoms in total. The Morgan fingerprint density at radius 3 is 1.95 bits per heavy atom. The predicted octanol–water partition coefficient (Wildman–Crippen LogP) is 4.62. The van der Waals surface area contributed by atoms with Gasteiger partial charge in [0.25, 0.3) is 0 Å². The summed E-state index contributed by atoms with van der Waals surface area (Å²) in [6, 6.07) is 10.1. The van der Waals surface area contributed by atoms with Crippen LogP contribution < -0.4 is 5.73 Å². The molecule has 0 aliphatic rings. The molecule has 0 spiro atoms. The fraction of sp³-hybridized carbons (Fsp3) is 0.375. The quantitative estimate of drug-likeness (QED) is 0.780. The maximum absolute atomic E-state index is 9.59. The minimum atomic E-state index is -0.245. The second kappa shape index (κ2) is 14.5. The zero-order valence-electron chi connectivity index (χ0n) is 13.7. The molecule has 0 atom stereocenters. The summed E-state index contributed by atoms with van der Waals surface area (Å²) in [5.74, 6) is -0.245. The van der Waals surface area contributed by atoms with E-state index in [9.17, 15) is 4.79 Å². The number of rotatable bonds is 1. The van der Waals surface area contributed by atoms with Crippen LogP contribution in [-0.4, -0.2) is 18.1 Å². The van der Waals surface area contributed by atoms with E-state index in [1.54, 1.807) is 6.20 Å². The third kappa shape index (κ3) is 10.6. The number of carbonyl (C=O) groups excluding carboxylic acids is 1. The van der Waals surface area contributed by atoms with Crippen molar-refractivity contribution in [3.63, 3.8) is 0 Å². The highest BCUT2D eigenvalue weighted by Gasteiger charge is 1.99. The van der Waals surface area contributed by atoms with Crippen LogP contribution in [0, 0.1) is 0 Å². The Morgan fingerprint density at radius 1 is 1.14 bits per heavy atom. The lowest BCUT2D eigenvalue weighted by Gasteiger charge is -1.92. The van der Waals surface area contributed by atoms with Crippen LogP contribution in [0.25, 0.3) is 10.4 Å². The topological polar surface area (TPSA) is 65.2 Å². The third-order valence-corrected chi connectivity index (χ3v) is 2.74. The molecule has 21 heavy (non-hydrogen) atoms. The van der Waals surface area contributed by atoms with Crippen molar-refractivity contribution in [1.29, 1.82) is 0 Å². The van der Waals surface area contributed by atoms with Gasteiger partial charge in [-0.05, 0) is 5.56 Å². The molecule has 0 radical (unpaired) electrons. The molecule has 0 aliphatic carbocycles. The minimum absolute atomic E-state index is 0.245. The Hall–Kier alpha value is -1.88. The van der Waals surface area contributed by atoms with Crippen LogP contribution in [0.15, 0.2) is 36.5 Å². The van der Waals surface area contributed by atoms with Gasteiger partial charge in [0.2, 0.25) is 0 Å². The number of nitrogens with two attached hydrogens (primary N) is 1. The number of aromatic nitrogens is 1. The number of carbonyl (C=O) groups is 1. The molecule has 0 saturated heterocycles. The average Bonchev–Trinajstić information content (AvgIpc) is 2.99. The molecule has 1 heterocycles. The Bertz CT molecular complexity index is 470. The highest BCUT2D eigenvalue weighted by molar-refractivity contribution is 7.18. The van der Waals surface area contributed by atoms with E-state index in [2.05, 4.69) is 9.72 Å². The molecular weight excluding hydrogens is 284 g/mol. The van der Waals surface area contributed by atoms with Crippen molar-refractivity contribution >= 4 is 22.4 Å². The van der Waals surface area contributed by atoms with Crippen LogP contribution in [-0.2, 0) is 9.53 Å². The summed E-state index contributed by atoms with van der Waals surface area (Å²) in [7, 11) is 1.35. The Labute approximate surface area is 132 Å². The van der Waals surface area contributed by atoms with E-state index >= 15 is 0 Å². The molecule has 0 bridgehead atoms. The zero-order valence-corrected chi connectivity index (χ0v) is 14.5. The van der Waals surface area contributed by atoms with Crippen molar-refractivity contribution in [1.82, 2.24) is 4.98 Å². The molecular formula is C16H26N2O2S. The van der Waals surface area contributed by atoms with Gasteiger partial charge in [-0.2, -0.15) is 0 Å². The second-order valence-corrected chi connectivity index (χ2v) is 4.19. The van der Waals surface area contributed by atoms with Gasteiger partial charge in [-0.1, -0.05) is 69.4 Å². The summed E-state index contributed by atoms with van der Waals surface area (Å²) in [5, 5.41) is 0.619. The fourth-order valence-electron chi connectivity index (χ4n) is 1.02. The minimum Gasteiger partial charge on any atom is -0.469 e. The first-order chi connectivity index (χ1) is 10.1. The molecule has 0 aliphatic heterocycles. The summed E-state index contributed by atoms with van der Waals surface area (Å²) in [4.78, 5) is 14.7. The highest BCUT2D eigenvalue weighted by atomic mass is 32.1. The summed E-state index contributed by atoms with van der Waals surface area (Å²) >= 11 is 1.51. The van der Waals surface area contributed by atoms with E-state index in [0.717, 1.165) is 4.88 Å². The number of nitrogen functional groups attached to an aromatic ring is 1. The van der Waals surface area contributed by atoms with Crippen LogP contribution in [0.1, 0.15) is 34.6 Å². The Kier molecular flexibility index (Phi) is 14.8. The van der Waals surface area contributed by atoms with Gasteiger partial charge in [0.15, 0.2) is 5.13 Å². The molecule has 2 rings (SSSR count). The van der Waals surface area contributed by atoms with Gasteiger partial charge in [0.05, 0.1) is 12.0 Å². The fourth-order valence-corrected chi connectivity index (χ4v) is 1.71. The van der Waals surface area contributed by atoms with Crippen molar-refractivity contribution in [2.24, 2.45) is 0 Å². The highest BCUT2D eigenvalue weighted by Crippen LogP contribution is 2.26. The van der Waals surface area contributed by atoms with Crippen LogP contribution in [0.5, 0.6) is 0 Å². The van der Waals surface area contributed by atoms with Gasteiger partial charge in [0, 0.05) is 13.1 Å². The van der Waals surface area contributed by atoms with Crippen molar-refractivity contribution in [2.45, 2.75) is 34.6 Å². The molecule has 5 heteroatoms. The van der Waals surface area contributed by atoms with Crippen molar-refractivity contribution in [3.05, 3.63) is 36.5 Å². The maximum Gasteiger partial charge on any atom is 0.302 e. The normalized spacial score (nSPS) is 7.90. The van der Waals surface area contributed by atoms with Crippen molar-refractivity contribution < 1.29 is 9.53 Å². The van der Waals surface area contributed by atoms with Gasteiger partial charge < -0.3 is 10.5 Å². The number of methoxy groups -OCH3 is 1. The monoisotopic (exact) mass is 310 g/mol. The number of hydrogen-bond acceptors (Lipinski definition) is 5. The lowest BCUT2D eigenvalue weighted by molar-refractivity contribution is -0.137. The molecule has 1 aromatic heterocycles. The first-order valence-corrected chi connectivity index (χ1v) is 7.76. The molecule has 0 amide bonds. The standard InChI is InChI=1S/C9H8N2S.C3H6O2.2C2H6/c10-9-11-6-8(12-9)7-4-2-1-3-5-7;1-3(4)5-2;2*1-2/h1-6H,(H2,10,11);1-2H3;2*1-2H3. The van der Waals surface area contributed by atoms with Crippen LogP contribution >= 0.6 is 11.3 Å². The first kappa shape index (κ1) is 21.4. The molecule has 2 aromatic rings. The Balaban J connectivity index is 0. The zero-order chi connectivity index (χ0) is 16.7. The lowest BCUT2D eigenvalue weighted by atomic mass is 10.2. The largest absolute Gasteiger partial charge is 0.469 e. The number of nitrogens with zero attached hydrogens (tertiary/aromatic N) is 1. The number of hydrogen-bond donors (Lipinski definition) is 1. The molecule has 118 valence electrons. The van der Waals surface area contributed by atoms with Gasteiger partial charge in [0.1, 0.15) is 0 Å². The number of thiazole rings is 1. The molecule has 0 saturated carbocycles. The average molecular weight is 310 g/mol. The first-order valence-electron chi connectivity index (χ1n) is 6.94. The number of ether oxygens (including phenoxy) is 1. The van der Waals surface area contributed by atoms with E-state index < -0.39 is 0 Å². The molecule has 0 fully saturated rings. The maximum atomic E-state index is 9.59. The van der Waals surface area contributed by atoms with E-state index in [-0.39, 0.29) is 5.97 Å². The van der Waals surface area contributed by atoms with E-state index in [4.69, 9.17) is 5.73 Å². The number of esters is 1. The van der Waals surface area contributed by atoms with Crippen molar-refractivity contribution in [2.75, 3.05) is 12.8 Å². The van der Waals surface area contributed by atoms with Gasteiger partial charge >= 0.3 is 5.97 Å². The van der Waals surface area contributed by atoms with Crippen LogP contribution in [0.4, 0.5) is 5.13 Å². The second-order valence-electron chi connectivity index (χ2n) is 3.12. The van der Waals surface area contributed by atoms with Gasteiger partial charge in [-0.3, -0.25) is 4.79 Å². The van der Waals surface area contributed by atoms with Crippen LogP contribution in [0.2, 0.25) is 0 Å². The van der Waals surface area contributed by atoms with E-state index in [0.29, 0.717) is 5.13 Å². The lowest BCUT2D eigenvalue weighted by Crippen LogP contribution is -1.88. The molecule has 0 unspecified atom stereocenters. The number of anilines is 1. The summed E-state index contributed by atoms with van der Waals surface area (Å²) in [6.45, 7) is 9.36. The van der Waals surface area contributed by atoms with E-state index in [1.165, 1.54) is 30.9 Å². The summed E-state index contributed by atoms with van der Waals surface area (Å²) in [5.41, 5.74) is 6.70. The van der Waals surface area contributed by atoms with Crippen LogP contribution in [0.3, 0.4) is 0 Å². The third-order valence-electron chi connectivity index (χ3n) is 1.87. The predicted molar refractivity (Wildman–Crippen MR) is 92.3 cm³/mol. The van der Waals surface area contributed by atoms with Gasteiger partial charge in [-0.15, -0.1) is 0 Å². The smallest absolute Gasteiger partial charge is 0.302 e. The summed E-state index contributed by atoms with van der Waals surface area (Å²) < 4.78 is 4.11. The van der Waals surface area contributed by atoms with Gasteiger partial charge in [-0.25, -0.2) is 4.98 Å². The Morgan fingerprint density at radius 2 is 1.62 bits per heavy atom. The number of benzene rings is 1. The van der Waals surface area contributed by atoms with Crippen molar-refractivity contribution in [3.8, 4) is 10.4 Å². The van der Waals surface area contributed by atoms with E-state index in [1.807, 2.05) is 58.0 Å². The molecule has 2 N–H and O–H groups in total. The summed E-state index contributed by atoms with van der Waals surface area (Å²) in [6.07, 6.45) is 1.80. The molecule has 1 aromatic carbocycles.